The molecule has 0 unspecified atom stereocenters. The number of nitrogens with one attached hydrogen (secondary N) is 1. The molecule has 0 radical (unpaired) electrons. The second kappa shape index (κ2) is 13.9. The zero-order valence-corrected chi connectivity index (χ0v) is 22.8. The number of carbonyl (C=O) groups excluding carboxylic acids is 4. The summed E-state index contributed by atoms with van der Waals surface area (Å²) in [6.45, 7) is 6.57. The van der Waals surface area contributed by atoms with Crippen molar-refractivity contribution in [2.24, 2.45) is 23.5 Å². The van der Waals surface area contributed by atoms with E-state index < -0.39 is 23.8 Å². The number of ketones is 1. The summed E-state index contributed by atoms with van der Waals surface area (Å²) >= 11 is 0. The molecule has 38 heavy (non-hydrogen) atoms. The monoisotopic (exact) mass is 519 g/mol. The fraction of sp³-hybridized carbons (Fsp3) is 0.484. The van der Waals surface area contributed by atoms with Crippen molar-refractivity contribution in [3.8, 4) is 0 Å². The number of carbonyl (C=O) groups is 4. The molecule has 1 fully saturated rings. The summed E-state index contributed by atoms with van der Waals surface area (Å²) in [7, 11) is 0. The van der Waals surface area contributed by atoms with E-state index in [1.807, 2.05) is 45.0 Å². The SMILES string of the molecule is CCCC[C@H](C(N)=O)[C@@H](CC(C)C)C(=O)N[C@H]1CCCCN(c2cccc(C(=O)c3ccccc3)c2)C1=O. The largest absolute Gasteiger partial charge is 0.369 e. The Morgan fingerprint density at radius 1 is 1.00 bits per heavy atom. The number of anilines is 1. The predicted octanol–water partition coefficient (Wildman–Crippen LogP) is 4.87. The smallest absolute Gasteiger partial charge is 0.249 e. The Hall–Kier alpha value is -3.48. The van der Waals surface area contributed by atoms with E-state index in [1.165, 1.54) is 0 Å². The van der Waals surface area contributed by atoms with Gasteiger partial charge < -0.3 is 16.0 Å². The molecule has 3 amide bonds. The molecule has 204 valence electrons. The normalized spacial score (nSPS) is 17.5. The maximum absolute atomic E-state index is 13.7. The molecular weight excluding hydrogens is 478 g/mol. The maximum Gasteiger partial charge on any atom is 0.249 e. The van der Waals surface area contributed by atoms with E-state index in [0.717, 1.165) is 25.7 Å². The lowest BCUT2D eigenvalue weighted by Crippen LogP contribution is -2.51. The predicted molar refractivity (Wildman–Crippen MR) is 150 cm³/mol. The van der Waals surface area contributed by atoms with Crippen molar-refractivity contribution in [1.82, 2.24) is 5.32 Å². The second-order valence-electron chi connectivity index (χ2n) is 10.7. The van der Waals surface area contributed by atoms with Gasteiger partial charge in [0.15, 0.2) is 5.78 Å². The molecule has 0 saturated carbocycles. The Kier molecular flexibility index (Phi) is 10.6. The Morgan fingerprint density at radius 3 is 2.37 bits per heavy atom. The number of primary amides is 1. The number of benzene rings is 2. The van der Waals surface area contributed by atoms with Crippen LogP contribution in [0.4, 0.5) is 5.69 Å². The summed E-state index contributed by atoms with van der Waals surface area (Å²) in [5.74, 6) is -2.00. The number of hydrogen-bond acceptors (Lipinski definition) is 4. The highest BCUT2D eigenvalue weighted by Crippen LogP contribution is 2.27. The van der Waals surface area contributed by atoms with Crippen molar-refractivity contribution in [3.63, 3.8) is 0 Å². The van der Waals surface area contributed by atoms with Crippen LogP contribution >= 0.6 is 0 Å². The third kappa shape index (κ3) is 7.53. The van der Waals surface area contributed by atoms with Gasteiger partial charge in [0.05, 0.1) is 0 Å². The molecule has 3 N–H and O–H groups in total. The highest BCUT2D eigenvalue weighted by Gasteiger charge is 2.36. The zero-order chi connectivity index (χ0) is 27.7. The molecule has 1 saturated heterocycles. The molecule has 2 aromatic rings. The standard InChI is InChI=1S/C31H41N3O4/c1-4-5-16-25(29(32)36)26(19-21(2)3)30(37)33-27-17-9-10-18-34(31(27)38)24-15-11-14-23(20-24)28(35)22-12-7-6-8-13-22/h6-8,11-15,20-21,25-27H,4-5,9-10,16-19H2,1-3H3,(H2,32,36)(H,33,37)/t25-,26+,27-/m0/s1. The molecular formula is C31H41N3O4. The van der Waals surface area contributed by atoms with Crippen LogP contribution in [0, 0.1) is 17.8 Å². The lowest BCUT2D eigenvalue weighted by molar-refractivity contribution is -0.136. The number of amides is 3. The zero-order valence-electron chi connectivity index (χ0n) is 22.8. The van der Waals surface area contributed by atoms with E-state index in [2.05, 4.69) is 5.32 Å². The molecule has 2 aromatic carbocycles. The molecule has 3 rings (SSSR count). The van der Waals surface area contributed by atoms with Gasteiger partial charge in [-0.05, 0) is 50.2 Å². The Labute approximate surface area is 226 Å². The molecule has 0 spiro atoms. The Morgan fingerprint density at radius 2 is 1.71 bits per heavy atom. The van der Waals surface area contributed by atoms with Gasteiger partial charge in [-0.15, -0.1) is 0 Å². The van der Waals surface area contributed by atoms with E-state index in [9.17, 15) is 19.2 Å². The lowest BCUT2D eigenvalue weighted by atomic mass is 9.81. The van der Waals surface area contributed by atoms with Crippen molar-refractivity contribution in [1.29, 1.82) is 0 Å². The van der Waals surface area contributed by atoms with E-state index in [4.69, 9.17) is 5.73 Å². The first-order valence-electron chi connectivity index (χ1n) is 13.8. The average Bonchev–Trinajstić information content (AvgIpc) is 3.09. The molecule has 0 aromatic heterocycles. The molecule has 7 heteroatoms. The van der Waals surface area contributed by atoms with Gasteiger partial charge in [-0.25, -0.2) is 0 Å². The van der Waals surface area contributed by atoms with Gasteiger partial charge in [-0.1, -0.05) is 76.1 Å². The first-order valence-corrected chi connectivity index (χ1v) is 13.8. The number of rotatable bonds is 12. The van der Waals surface area contributed by atoms with Crippen LogP contribution in [0.15, 0.2) is 54.6 Å². The number of nitrogens with two attached hydrogens (primary N) is 1. The first-order chi connectivity index (χ1) is 18.2. The number of unbranched alkanes of at least 4 members (excludes halogenated alkanes) is 1. The number of nitrogens with zero attached hydrogens (tertiary/aromatic N) is 1. The first kappa shape index (κ1) is 29.1. The van der Waals surface area contributed by atoms with Crippen LogP contribution < -0.4 is 16.0 Å². The van der Waals surface area contributed by atoms with Crippen molar-refractivity contribution < 1.29 is 19.2 Å². The second-order valence-corrected chi connectivity index (χ2v) is 10.7. The Balaban J connectivity index is 1.81. The quantitative estimate of drug-likeness (QED) is 0.390. The molecule has 1 aliphatic heterocycles. The minimum atomic E-state index is -0.701. The topological polar surface area (TPSA) is 110 Å². The fourth-order valence-corrected chi connectivity index (χ4v) is 5.21. The third-order valence-electron chi connectivity index (χ3n) is 7.24. The van der Waals surface area contributed by atoms with Crippen LogP contribution in [-0.4, -0.2) is 36.1 Å². The van der Waals surface area contributed by atoms with Crippen molar-refractivity contribution in [2.45, 2.75) is 71.8 Å². The fourth-order valence-electron chi connectivity index (χ4n) is 5.21. The third-order valence-corrected chi connectivity index (χ3v) is 7.24. The summed E-state index contributed by atoms with van der Waals surface area (Å²) in [6.07, 6.45) is 4.88. The average molecular weight is 520 g/mol. The van der Waals surface area contributed by atoms with Gasteiger partial charge in [0.2, 0.25) is 17.7 Å². The van der Waals surface area contributed by atoms with E-state index in [-0.39, 0.29) is 23.5 Å². The summed E-state index contributed by atoms with van der Waals surface area (Å²) in [4.78, 5) is 54.2. The maximum atomic E-state index is 13.7. The molecule has 1 heterocycles. The lowest BCUT2D eigenvalue weighted by Gasteiger charge is -2.29. The van der Waals surface area contributed by atoms with Gasteiger partial charge in [-0.2, -0.15) is 0 Å². The highest BCUT2D eigenvalue weighted by molar-refractivity contribution is 6.10. The minimum absolute atomic E-state index is 0.110. The summed E-state index contributed by atoms with van der Waals surface area (Å²) in [5.41, 5.74) is 7.46. The molecule has 3 atom stereocenters. The minimum Gasteiger partial charge on any atom is -0.369 e. The molecule has 0 aliphatic carbocycles. The van der Waals surface area contributed by atoms with Crippen molar-refractivity contribution in [2.75, 3.05) is 11.4 Å². The number of hydrogen-bond donors (Lipinski definition) is 2. The van der Waals surface area contributed by atoms with Crippen molar-refractivity contribution >= 4 is 29.2 Å². The van der Waals surface area contributed by atoms with Crippen LogP contribution in [0.3, 0.4) is 0 Å². The van der Waals surface area contributed by atoms with Crippen LogP contribution in [0.1, 0.15) is 81.6 Å². The van der Waals surface area contributed by atoms with Crippen LogP contribution in [0.25, 0.3) is 0 Å². The van der Waals surface area contributed by atoms with Crippen LogP contribution in [-0.2, 0) is 14.4 Å². The molecule has 0 bridgehead atoms. The van der Waals surface area contributed by atoms with E-state index in [0.29, 0.717) is 42.6 Å². The van der Waals surface area contributed by atoms with Crippen molar-refractivity contribution in [3.05, 3.63) is 65.7 Å². The van der Waals surface area contributed by atoms with Gasteiger partial charge in [0.1, 0.15) is 6.04 Å². The summed E-state index contributed by atoms with van der Waals surface area (Å²) in [5, 5.41) is 2.98. The van der Waals surface area contributed by atoms with Gasteiger partial charge in [0, 0.05) is 35.2 Å². The molecule has 7 nitrogen and oxygen atoms in total. The van der Waals surface area contributed by atoms with Gasteiger partial charge >= 0.3 is 0 Å². The Bertz CT molecular complexity index is 1120. The summed E-state index contributed by atoms with van der Waals surface area (Å²) in [6, 6.07) is 15.4. The van der Waals surface area contributed by atoms with Gasteiger partial charge in [-0.3, -0.25) is 19.2 Å². The molecule has 1 aliphatic rings. The van der Waals surface area contributed by atoms with E-state index >= 15 is 0 Å². The van der Waals surface area contributed by atoms with Crippen LogP contribution in [0.2, 0.25) is 0 Å². The van der Waals surface area contributed by atoms with Crippen LogP contribution in [0.5, 0.6) is 0 Å². The van der Waals surface area contributed by atoms with Gasteiger partial charge in [0.25, 0.3) is 0 Å². The summed E-state index contributed by atoms with van der Waals surface area (Å²) < 4.78 is 0. The van der Waals surface area contributed by atoms with E-state index in [1.54, 1.807) is 35.2 Å². The highest BCUT2D eigenvalue weighted by atomic mass is 16.2.